The van der Waals surface area contributed by atoms with Crippen LogP contribution in [0.15, 0.2) is 58.4 Å². The Kier molecular flexibility index (Phi) is 10.8. The average Bonchev–Trinajstić information content (AvgIpc) is 2.67. The Bertz CT molecular complexity index is 933. The summed E-state index contributed by atoms with van der Waals surface area (Å²) >= 11 is 0. The zero-order valence-electron chi connectivity index (χ0n) is 18.3. The summed E-state index contributed by atoms with van der Waals surface area (Å²) in [5.74, 6) is 0.717. The molecule has 0 amide bonds. The van der Waals surface area contributed by atoms with Crippen molar-refractivity contribution in [2.75, 3.05) is 26.9 Å². The molecule has 1 unspecified atom stereocenters. The molecule has 1 atom stereocenters. The highest BCUT2D eigenvalue weighted by Gasteiger charge is 2.12. The van der Waals surface area contributed by atoms with Crippen LogP contribution in [-0.4, -0.2) is 52.2 Å². The van der Waals surface area contributed by atoms with E-state index in [-0.39, 0.29) is 24.0 Å². The van der Waals surface area contributed by atoms with Crippen LogP contribution in [0.3, 0.4) is 0 Å². The van der Waals surface area contributed by atoms with Gasteiger partial charge < -0.3 is 10.6 Å². The fourth-order valence-electron chi connectivity index (χ4n) is 3.07. The lowest BCUT2D eigenvalue weighted by Crippen LogP contribution is -2.44. The van der Waals surface area contributed by atoms with E-state index in [9.17, 15) is 8.42 Å². The van der Waals surface area contributed by atoms with Crippen molar-refractivity contribution in [2.45, 2.75) is 37.9 Å². The molecular weight excluding hydrogens is 511 g/mol. The molecule has 2 aromatic carbocycles. The van der Waals surface area contributed by atoms with Crippen molar-refractivity contribution >= 4 is 39.8 Å². The molecule has 0 saturated carbocycles. The smallest absolute Gasteiger partial charge is 0.191 e. The highest BCUT2D eigenvalue weighted by molar-refractivity contribution is 14.0. The van der Waals surface area contributed by atoms with Gasteiger partial charge in [-0.1, -0.05) is 42.5 Å². The monoisotopic (exact) mass is 544 g/mol. The highest BCUT2D eigenvalue weighted by atomic mass is 127. The molecule has 0 spiro atoms. The maximum atomic E-state index is 11.7. The Hall–Kier alpha value is -1.65. The van der Waals surface area contributed by atoms with E-state index in [1.54, 1.807) is 13.1 Å². The molecule has 166 valence electrons. The van der Waals surface area contributed by atoms with Gasteiger partial charge in [0, 0.05) is 39.0 Å². The third kappa shape index (κ3) is 8.23. The second kappa shape index (κ2) is 12.3. The zero-order chi connectivity index (χ0) is 21.4. The van der Waals surface area contributed by atoms with Crippen LogP contribution in [0.4, 0.5) is 0 Å². The lowest BCUT2D eigenvalue weighted by molar-refractivity contribution is 0.249. The summed E-state index contributed by atoms with van der Waals surface area (Å²) in [4.78, 5) is 6.95. The molecule has 0 saturated heterocycles. The van der Waals surface area contributed by atoms with Crippen LogP contribution in [0, 0.1) is 6.92 Å². The quantitative estimate of drug-likeness (QED) is 0.304. The summed E-state index contributed by atoms with van der Waals surface area (Å²) in [5.41, 5.74) is 3.05. The molecule has 2 aromatic rings. The molecule has 6 nitrogen and oxygen atoms in total. The van der Waals surface area contributed by atoms with Crippen molar-refractivity contribution in [3.05, 3.63) is 65.2 Å². The molecule has 2 N–H and O–H groups in total. The summed E-state index contributed by atoms with van der Waals surface area (Å²) in [6.45, 7) is 6.21. The molecule has 8 heteroatoms. The number of halogens is 1. The van der Waals surface area contributed by atoms with Gasteiger partial charge >= 0.3 is 0 Å². The number of nitrogens with one attached hydrogen (secondary N) is 2. The lowest BCUT2D eigenvalue weighted by Gasteiger charge is -2.26. The van der Waals surface area contributed by atoms with Crippen LogP contribution in [0.1, 0.15) is 23.6 Å². The molecule has 0 aliphatic heterocycles. The number of aryl methyl sites for hydroxylation is 1. The van der Waals surface area contributed by atoms with E-state index in [1.807, 2.05) is 25.1 Å². The summed E-state index contributed by atoms with van der Waals surface area (Å²) in [5, 5.41) is 6.64. The Morgan fingerprint density at radius 2 is 1.77 bits per heavy atom. The maximum Gasteiger partial charge on any atom is 0.191 e. The number of nitrogens with zero attached hydrogens (tertiary/aromatic N) is 2. The maximum absolute atomic E-state index is 11.7. The van der Waals surface area contributed by atoms with Crippen LogP contribution in [0.5, 0.6) is 0 Å². The van der Waals surface area contributed by atoms with Gasteiger partial charge in [0.25, 0.3) is 0 Å². The Labute approximate surface area is 198 Å². The molecule has 0 aromatic heterocycles. The number of likely N-dealkylation sites (N-methyl/N-ethyl adjacent to an activating group) is 1. The fraction of sp³-hybridized carbons (Fsp3) is 0.409. The SMILES string of the molecule is CN=C(NCc1ccc(S(C)(=O)=O)c(C)c1)NCC(C)N(C)Cc1ccccc1.I. The van der Waals surface area contributed by atoms with E-state index >= 15 is 0 Å². The van der Waals surface area contributed by atoms with Gasteiger partial charge in [0.05, 0.1) is 4.90 Å². The van der Waals surface area contributed by atoms with E-state index in [2.05, 4.69) is 58.8 Å². The first-order valence-electron chi connectivity index (χ1n) is 9.69. The van der Waals surface area contributed by atoms with E-state index in [1.165, 1.54) is 11.8 Å². The number of hydrogen-bond acceptors (Lipinski definition) is 4. The first-order chi connectivity index (χ1) is 13.7. The minimum atomic E-state index is -3.20. The van der Waals surface area contributed by atoms with Crippen molar-refractivity contribution in [1.29, 1.82) is 0 Å². The normalized spacial score (nSPS) is 12.9. The molecular formula is C22H33IN4O2S. The van der Waals surface area contributed by atoms with Crippen molar-refractivity contribution in [3.8, 4) is 0 Å². The van der Waals surface area contributed by atoms with Gasteiger partial charge in [-0.05, 0) is 43.7 Å². The summed E-state index contributed by atoms with van der Waals surface area (Å²) in [6, 6.07) is 16.1. The van der Waals surface area contributed by atoms with Gasteiger partial charge in [0.15, 0.2) is 15.8 Å². The molecule has 0 radical (unpaired) electrons. The Morgan fingerprint density at radius 1 is 1.10 bits per heavy atom. The van der Waals surface area contributed by atoms with Crippen LogP contribution < -0.4 is 10.6 Å². The predicted molar refractivity (Wildman–Crippen MR) is 135 cm³/mol. The third-order valence-corrected chi connectivity index (χ3v) is 6.17. The number of sulfone groups is 1. The van der Waals surface area contributed by atoms with Gasteiger partial charge in [-0.15, -0.1) is 24.0 Å². The third-order valence-electron chi connectivity index (χ3n) is 4.91. The van der Waals surface area contributed by atoms with Crippen LogP contribution in [-0.2, 0) is 22.9 Å². The largest absolute Gasteiger partial charge is 0.355 e. The second-order valence-corrected chi connectivity index (χ2v) is 9.41. The molecule has 0 fully saturated rings. The first kappa shape index (κ1) is 26.4. The zero-order valence-corrected chi connectivity index (χ0v) is 21.5. The first-order valence-corrected chi connectivity index (χ1v) is 11.6. The Morgan fingerprint density at radius 3 is 2.33 bits per heavy atom. The fourth-order valence-corrected chi connectivity index (χ4v) is 4.03. The summed E-state index contributed by atoms with van der Waals surface area (Å²) in [6.07, 6.45) is 1.23. The van der Waals surface area contributed by atoms with Gasteiger partial charge in [0.2, 0.25) is 0 Å². The number of guanidine groups is 1. The standard InChI is InChI=1S/C22H32N4O2S.HI/c1-17-13-20(11-12-21(17)29(5,27)28)15-25-22(23-3)24-14-18(2)26(4)16-19-9-7-6-8-10-19;/h6-13,18H,14-16H2,1-5H3,(H2,23,24,25);1H. The van der Waals surface area contributed by atoms with Gasteiger partial charge in [-0.2, -0.15) is 0 Å². The van der Waals surface area contributed by atoms with Crippen molar-refractivity contribution in [2.24, 2.45) is 4.99 Å². The summed E-state index contributed by atoms with van der Waals surface area (Å²) in [7, 11) is 0.658. The molecule has 0 bridgehead atoms. The minimum Gasteiger partial charge on any atom is -0.355 e. The molecule has 0 aliphatic rings. The molecule has 0 heterocycles. The highest BCUT2D eigenvalue weighted by Crippen LogP contribution is 2.16. The van der Waals surface area contributed by atoms with Gasteiger partial charge in [0.1, 0.15) is 0 Å². The van der Waals surface area contributed by atoms with Crippen LogP contribution in [0.2, 0.25) is 0 Å². The van der Waals surface area contributed by atoms with Crippen molar-refractivity contribution in [3.63, 3.8) is 0 Å². The predicted octanol–water partition coefficient (Wildman–Crippen LogP) is 3.20. The van der Waals surface area contributed by atoms with E-state index in [0.29, 0.717) is 17.5 Å². The van der Waals surface area contributed by atoms with E-state index < -0.39 is 9.84 Å². The van der Waals surface area contributed by atoms with Crippen LogP contribution >= 0.6 is 24.0 Å². The lowest BCUT2D eigenvalue weighted by atomic mass is 10.1. The molecule has 30 heavy (non-hydrogen) atoms. The van der Waals surface area contributed by atoms with Gasteiger partial charge in [-0.25, -0.2) is 8.42 Å². The van der Waals surface area contributed by atoms with E-state index in [4.69, 9.17) is 0 Å². The molecule has 2 rings (SSSR count). The topological polar surface area (TPSA) is 73.8 Å². The summed E-state index contributed by atoms with van der Waals surface area (Å²) < 4.78 is 23.5. The van der Waals surface area contributed by atoms with Crippen molar-refractivity contribution in [1.82, 2.24) is 15.5 Å². The number of benzene rings is 2. The van der Waals surface area contributed by atoms with Crippen LogP contribution in [0.25, 0.3) is 0 Å². The average molecular weight is 545 g/mol. The number of hydrogen-bond donors (Lipinski definition) is 2. The second-order valence-electron chi connectivity index (χ2n) is 7.43. The van der Waals surface area contributed by atoms with Crippen molar-refractivity contribution < 1.29 is 8.42 Å². The minimum absolute atomic E-state index is 0. The van der Waals surface area contributed by atoms with E-state index in [0.717, 1.165) is 30.2 Å². The Balaban J connectivity index is 0.00000450. The van der Waals surface area contributed by atoms with Gasteiger partial charge in [-0.3, -0.25) is 9.89 Å². The number of aliphatic imine (C=N–C) groups is 1. The number of rotatable bonds is 8. The molecule has 0 aliphatic carbocycles.